The van der Waals surface area contributed by atoms with E-state index < -0.39 is 6.29 Å². The quantitative estimate of drug-likeness (QED) is 0.134. The molecule has 9 heteroatoms. The van der Waals surface area contributed by atoms with Crippen LogP contribution in [0.25, 0.3) is 11.1 Å². The molecular weight excluding hydrogens is 586 g/mol. The third kappa shape index (κ3) is 8.95. The van der Waals surface area contributed by atoms with Crippen LogP contribution in [-0.4, -0.2) is 35.4 Å². The first-order chi connectivity index (χ1) is 21.9. The summed E-state index contributed by atoms with van der Waals surface area (Å²) in [5.41, 5.74) is 6.69. The summed E-state index contributed by atoms with van der Waals surface area (Å²) < 4.78 is 13.1. The molecule has 1 aliphatic rings. The van der Waals surface area contributed by atoms with E-state index in [1.165, 1.54) is 6.92 Å². The first kappa shape index (κ1) is 32.2. The second-order valence-corrected chi connectivity index (χ2v) is 12.0. The van der Waals surface area contributed by atoms with Gasteiger partial charge in [-0.25, -0.2) is 4.79 Å². The van der Waals surface area contributed by atoms with Crippen molar-refractivity contribution in [2.24, 2.45) is 0 Å². The van der Waals surface area contributed by atoms with Gasteiger partial charge in [-0.3, -0.25) is 4.79 Å². The monoisotopic (exact) mass is 625 g/mol. The second kappa shape index (κ2) is 15.7. The van der Waals surface area contributed by atoms with E-state index in [2.05, 4.69) is 34.1 Å². The molecule has 4 N–H and O–H groups in total. The van der Waals surface area contributed by atoms with Gasteiger partial charge in [0.15, 0.2) is 6.29 Å². The maximum atomic E-state index is 12.0. The van der Waals surface area contributed by atoms with Gasteiger partial charge in [0, 0.05) is 48.3 Å². The van der Waals surface area contributed by atoms with Crippen molar-refractivity contribution >= 4 is 29.4 Å². The fraction of sp³-hybridized carbons (Fsp3) is 0.278. The molecule has 45 heavy (non-hydrogen) atoms. The Balaban J connectivity index is 1.32. The normalized spacial score (nSPS) is 17.8. The molecule has 5 rings (SSSR count). The van der Waals surface area contributed by atoms with Crippen molar-refractivity contribution in [3.8, 4) is 11.1 Å². The fourth-order valence-corrected chi connectivity index (χ4v) is 6.15. The van der Waals surface area contributed by atoms with Crippen molar-refractivity contribution in [2.75, 3.05) is 17.6 Å². The van der Waals surface area contributed by atoms with E-state index in [1.54, 1.807) is 11.8 Å². The lowest BCUT2D eigenvalue weighted by Crippen LogP contribution is -2.34. The smallest absolute Gasteiger partial charge is 0.315 e. The largest absolute Gasteiger partial charge is 0.392 e. The summed E-state index contributed by atoms with van der Waals surface area (Å²) in [5, 5.41) is 18.0. The van der Waals surface area contributed by atoms with E-state index in [9.17, 15) is 14.7 Å². The Bertz CT molecular complexity index is 1560. The maximum Gasteiger partial charge on any atom is 0.315 e. The number of hydrogen-bond donors (Lipinski definition) is 4. The van der Waals surface area contributed by atoms with Gasteiger partial charge in [-0.2, -0.15) is 0 Å². The predicted octanol–water partition coefficient (Wildman–Crippen LogP) is 6.96. The minimum Gasteiger partial charge on any atom is -0.392 e. The lowest BCUT2D eigenvalue weighted by molar-refractivity contribution is -0.245. The molecule has 0 bridgehead atoms. The van der Waals surface area contributed by atoms with Crippen molar-refractivity contribution in [1.82, 2.24) is 10.6 Å². The Morgan fingerprint density at radius 3 is 2.27 bits per heavy atom. The zero-order chi connectivity index (χ0) is 31.6. The van der Waals surface area contributed by atoms with Crippen molar-refractivity contribution in [2.45, 2.75) is 56.8 Å². The second-order valence-electron chi connectivity index (χ2n) is 10.9. The molecule has 4 aromatic carbocycles. The summed E-state index contributed by atoms with van der Waals surface area (Å²) in [4.78, 5) is 24.4. The molecule has 4 aromatic rings. The highest BCUT2D eigenvalue weighted by molar-refractivity contribution is 7.99. The number of aliphatic hydroxyl groups excluding tert-OH is 1. The Hall–Kier alpha value is -4.15. The summed E-state index contributed by atoms with van der Waals surface area (Å²) >= 11 is 1.71. The van der Waals surface area contributed by atoms with Crippen LogP contribution >= 0.6 is 11.8 Å². The van der Waals surface area contributed by atoms with Crippen LogP contribution in [0.15, 0.2) is 102 Å². The molecular formula is C36H39N3O5S. The number of anilines is 1. The fourth-order valence-electron chi connectivity index (χ4n) is 5.22. The highest BCUT2D eigenvalue weighted by atomic mass is 32.2. The topological polar surface area (TPSA) is 109 Å². The number of benzene rings is 4. The molecule has 0 aromatic heterocycles. The molecule has 0 radical (unpaired) electrons. The standard InChI is InChI=1S/C36H39N3O5S/c1-3-37-36(42)38-21-29-6-4-5-7-33(29)26-12-14-28(15-13-26)35-43-31(20-34(44-35)27-10-8-25(22-40)9-11-27)23-45-32-18-16-30(17-19-32)39-24(2)41/h4-19,31,34-35,40H,3,20-23H2,1-2H3,(H,39,41)(H2,37,38,42). The van der Waals surface area contributed by atoms with Crippen LogP contribution in [0, 0.1) is 0 Å². The van der Waals surface area contributed by atoms with Crippen LogP contribution in [0.1, 0.15) is 54.9 Å². The van der Waals surface area contributed by atoms with E-state index in [4.69, 9.17) is 9.47 Å². The number of ether oxygens (including phenoxy) is 2. The first-order valence-electron chi connectivity index (χ1n) is 15.1. The van der Waals surface area contributed by atoms with Gasteiger partial charge < -0.3 is 30.5 Å². The van der Waals surface area contributed by atoms with E-state index in [-0.39, 0.29) is 30.8 Å². The van der Waals surface area contributed by atoms with E-state index in [0.717, 1.165) is 49.7 Å². The lowest BCUT2D eigenvalue weighted by Gasteiger charge is -2.36. The Morgan fingerprint density at radius 1 is 0.867 bits per heavy atom. The van der Waals surface area contributed by atoms with Gasteiger partial charge in [-0.1, -0.05) is 72.8 Å². The molecule has 234 valence electrons. The van der Waals surface area contributed by atoms with Crippen LogP contribution in [0.2, 0.25) is 0 Å². The summed E-state index contributed by atoms with van der Waals surface area (Å²) in [6, 6.07) is 31.7. The van der Waals surface area contributed by atoms with E-state index in [0.29, 0.717) is 19.5 Å². The van der Waals surface area contributed by atoms with Crippen LogP contribution in [-0.2, 0) is 27.4 Å². The average Bonchev–Trinajstić information content (AvgIpc) is 3.07. The van der Waals surface area contributed by atoms with Gasteiger partial charge in [0.2, 0.25) is 5.91 Å². The number of rotatable bonds is 11. The maximum absolute atomic E-state index is 12.0. The van der Waals surface area contributed by atoms with E-state index in [1.807, 2.05) is 85.8 Å². The minimum absolute atomic E-state index is 0.00495. The first-order valence-corrected chi connectivity index (χ1v) is 16.1. The molecule has 3 unspecified atom stereocenters. The third-order valence-corrected chi connectivity index (χ3v) is 8.66. The Morgan fingerprint density at radius 2 is 1.58 bits per heavy atom. The number of aliphatic hydroxyl groups is 1. The van der Waals surface area contributed by atoms with Gasteiger partial charge in [-0.05, 0) is 59.0 Å². The highest BCUT2D eigenvalue weighted by Gasteiger charge is 2.32. The molecule has 1 saturated heterocycles. The van der Waals surface area contributed by atoms with Crippen molar-refractivity contribution < 1.29 is 24.2 Å². The van der Waals surface area contributed by atoms with Gasteiger partial charge in [0.05, 0.1) is 18.8 Å². The molecule has 3 amide bonds. The zero-order valence-corrected chi connectivity index (χ0v) is 26.3. The van der Waals surface area contributed by atoms with E-state index >= 15 is 0 Å². The summed E-state index contributed by atoms with van der Waals surface area (Å²) in [6.45, 7) is 4.37. The number of amides is 3. The van der Waals surface area contributed by atoms with Crippen molar-refractivity contribution in [1.29, 1.82) is 0 Å². The number of thioether (sulfide) groups is 1. The molecule has 0 saturated carbocycles. The Kier molecular flexibility index (Phi) is 11.3. The molecule has 8 nitrogen and oxygen atoms in total. The lowest BCUT2D eigenvalue weighted by atomic mass is 9.98. The van der Waals surface area contributed by atoms with Crippen molar-refractivity contribution in [3.05, 3.63) is 119 Å². The number of carbonyl (C=O) groups excluding carboxylic acids is 2. The summed E-state index contributed by atoms with van der Waals surface area (Å²) in [5.74, 6) is 0.634. The molecule has 3 atom stereocenters. The van der Waals surface area contributed by atoms with Gasteiger partial charge in [0.1, 0.15) is 0 Å². The Labute approximate surface area is 268 Å². The summed E-state index contributed by atoms with van der Waals surface area (Å²) in [6.07, 6.45) is -0.120. The molecule has 1 fully saturated rings. The van der Waals surface area contributed by atoms with Crippen LogP contribution in [0.4, 0.5) is 10.5 Å². The number of carbonyl (C=O) groups is 2. The number of hydrogen-bond acceptors (Lipinski definition) is 6. The van der Waals surface area contributed by atoms with Crippen molar-refractivity contribution in [3.63, 3.8) is 0 Å². The predicted molar refractivity (Wildman–Crippen MR) is 178 cm³/mol. The highest BCUT2D eigenvalue weighted by Crippen LogP contribution is 2.40. The van der Waals surface area contributed by atoms with Crippen LogP contribution in [0.5, 0.6) is 0 Å². The van der Waals surface area contributed by atoms with Crippen LogP contribution < -0.4 is 16.0 Å². The average molecular weight is 626 g/mol. The SMILES string of the molecule is CCNC(=O)NCc1ccccc1-c1ccc(C2OC(CSc3ccc(NC(C)=O)cc3)CC(c3ccc(CO)cc3)O2)cc1. The number of nitrogens with one attached hydrogen (secondary N) is 3. The van der Waals surface area contributed by atoms with Crippen LogP contribution in [0.3, 0.4) is 0 Å². The van der Waals surface area contributed by atoms with Gasteiger partial charge >= 0.3 is 6.03 Å². The molecule has 1 heterocycles. The molecule has 0 spiro atoms. The third-order valence-electron chi connectivity index (χ3n) is 7.51. The minimum atomic E-state index is -0.558. The summed E-state index contributed by atoms with van der Waals surface area (Å²) in [7, 11) is 0. The molecule has 1 aliphatic heterocycles. The zero-order valence-electron chi connectivity index (χ0n) is 25.5. The molecule has 0 aliphatic carbocycles. The van der Waals surface area contributed by atoms with Gasteiger partial charge in [0.25, 0.3) is 0 Å². The van der Waals surface area contributed by atoms with Gasteiger partial charge in [-0.15, -0.1) is 11.8 Å². The number of urea groups is 1.